The van der Waals surface area contributed by atoms with Gasteiger partial charge in [-0.15, -0.1) is 0 Å². The molecule has 2 aliphatic rings. The minimum Gasteiger partial charge on any atom is -0.497 e. The molecule has 1 saturated heterocycles. The normalized spacial score (nSPS) is 17.0. The van der Waals surface area contributed by atoms with Crippen LogP contribution in [0.15, 0.2) is 36.5 Å². The molecule has 1 aromatic carbocycles. The number of pyridine rings is 1. The van der Waals surface area contributed by atoms with Gasteiger partial charge < -0.3 is 14.5 Å². The van der Waals surface area contributed by atoms with Crippen molar-refractivity contribution in [3.8, 4) is 5.75 Å². The molecule has 6 nitrogen and oxygen atoms in total. The molecule has 2 aromatic rings. The van der Waals surface area contributed by atoms with Crippen molar-refractivity contribution < 1.29 is 14.3 Å². The summed E-state index contributed by atoms with van der Waals surface area (Å²) < 4.78 is 5.14. The Hall–Kier alpha value is -2.60. The fraction of sp³-hybridized carbons (Fsp3) is 0.409. The molecule has 0 bridgehead atoms. The largest absolute Gasteiger partial charge is 0.497 e. The first kappa shape index (κ1) is 19.7. The second-order valence-corrected chi connectivity index (χ2v) is 8.00. The number of halogens is 1. The molecule has 0 saturated carbocycles. The Balaban J connectivity index is 1.34. The zero-order valence-corrected chi connectivity index (χ0v) is 17.2. The molecule has 29 heavy (non-hydrogen) atoms. The molecule has 0 spiro atoms. The van der Waals surface area contributed by atoms with Crippen molar-refractivity contribution in [1.82, 2.24) is 14.8 Å². The van der Waals surface area contributed by atoms with Crippen molar-refractivity contribution >= 4 is 23.4 Å². The Bertz CT molecular complexity index is 908. The van der Waals surface area contributed by atoms with Crippen LogP contribution in [-0.2, 0) is 17.8 Å². The third-order valence-corrected chi connectivity index (χ3v) is 5.99. The minimum atomic E-state index is -0.0383. The standard InChI is InChI=1S/C22H24ClN3O3/c1-29-19-4-2-15(3-5-19)21(27)25-9-6-16(7-10-25)22(28)26-11-8-20-17(14-26)12-18(23)13-24-20/h2-5,12-13,16H,6-11,14H2,1H3. The van der Waals surface area contributed by atoms with E-state index in [0.29, 0.717) is 49.6 Å². The highest BCUT2D eigenvalue weighted by molar-refractivity contribution is 6.30. The number of likely N-dealkylation sites (tertiary alicyclic amines) is 1. The van der Waals surface area contributed by atoms with Crippen LogP contribution in [0.4, 0.5) is 0 Å². The second-order valence-electron chi connectivity index (χ2n) is 7.56. The maximum atomic E-state index is 13.0. The predicted molar refractivity (Wildman–Crippen MR) is 110 cm³/mol. The number of nitrogens with zero attached hydrogens (tertiary/aromatic N) is 3. The van der Waals surface area contributed by atoms with Gasteiger partial charge in [0.25, 0.3) is 5.91 Å². The van der Waals surface area contributed by atoms with Crippen molar-refractivity contribution in [3.63, 3.8) is 0 Å². The van der Waals surface area contributed by atoms with Crippen molar-refractivity contribution in [2.45, 2.75) is 25.8 Å². The summed E-state index contributed by atoms with van der Waals surface area (Å²) in [5, 5.41) is 0.600. The van der Waals surface area contributed by atoms with E-state index >= 15 is 0 Å². The second kappa shape index (κ2) is 8.41. The number of hydrogen-bond donors (Lipinski definition) is 0. The Morgan fingerprint density at radius 2 is 1.83 bits per heavy atom. The molecular formula is C22H24ClN3O3. The molecule has 1 fully saturated rings. The number of hydrogen-bond acceptors (Lipinski definition) is 4. The zero-order valence-electron chi connectivity index (χ0n) is 16.4. The molecule has 3 heterocycles. The number of benzene rings is 1. The average Bonchev–Trinajstić information content (AvgIpc) is 2.77. The van der Waals surface area contributed by atoms with E-state index in [1.165, 1.54) is 0 Å². The van der Waals surface area contributed by atoms with Crippen LogP contribution >= 0.6 is 11.6 Å². The highest BCUT2D eigenvalue weighted by atomic mass is 35.5. The van der Waals surface area contributed by atoms with Crippen LogP contribution in [0, 0.1) is 5.92 Å². The van der Waals surface area contributed by atoms with Gasteiger partial charge in [0.2, 0.25) is 5.91 Å². The maximum absolute atomic E-state index is 13.0. The number of fused-ring (bicyclic) bond motifs is 1. The first-order valence-corrected chi connectivity index (χ1v) is 10.3. The zero-order chi connectivity index (χ0) is 20.4. The first-order valence-electron chi connectivity index (χ1n) is 9.90. The van der Waals surface area contributed by atoms with Gasteiger partial charge in [-0.25, -0.2) is 0 Å². The lowest BCUT2D eigenvalue weighted by Crippen LogP contribution is -2.45. The van der Waals surface area contributed by atoms with E-state index in [2.05, 4.69) is 4.98 Å². The average molecular weight is 414 g/mol. The molecule has 7 heteroatoms. The van der Waals surface area contributed by atoms with Crippen LogP contribution < -0.4 is 4.74 Å². The Labute approximate surface area is 175 Å². The number of rotatable bonds is 3. The Morgan fingerprint density at radius 1 is 1.10 bits per heavy atom. The monoisotopic (exact) mass is 413 g/mol. The Kier molecular flexibility index (Phi) is 5.72. The first-order chi connectivity index (χ1) is 14.0. The molecule has 0 unspecified atom stereocenters. The highest BCUT2D eigenvalue weighted by Crippen LogP contribution is 2.26. The molecule has 152 valence electrons. The molecule has 0 N–H and O–H groups in total. The number of methoxy groups -OCH3 is 1. The van der Waals surface area contributed by atoms with Crippen molar-refractivity contribution in [2.75, 3.05) is 26.7 Å². The van der Waals surface area contributed by atoms with E-state index in [1.54, 1.807) is 37.6 Å². The van der Waals surface area contributed by atoms with Gasteiger partial charge in [0, 0.05) is 56.0 Å². The smallest absolute Gasteiger partial charge is 0.253 e. The van der Waals surface area contributed by atoms with Crippen LogP contribution in [0.1, 0.15) is 34.5 Å². The third kappa shape index (κ3) is 4.22. The molecule has 0 atom stereocenters. The summed E-state index contributed by atoms with van der Waals surface area (Å²) in [6, 6.07) is 9.04. The van der Waals surface area contributed by atoms with Gasteiger partial charge in [-0.3, -0.25) is 14.6 Å². The van der Waals surface area contributed by atoms with Gasteiger partial charge in [0.05, 0.1) is 12.1 Å². The number of carbonyl (C=O) groups excluding carboxylic acids is 2. The summed E-state index contributed by atoms with van der Waals surface area (Å²) in [5.41, 5.74) is 2.70. The van der Waals surface area contributed by atoms with Crippen LogP contribution in [0.25, 0.3) is 0 Å². The van der Waals surface area contributed by atoms with Crippen molar-refractivity contribution in [2.24, 2.45) is 5.92 Å². The summed E-state index contributed by atoms with van der Waals surface area (Å²) >= 11 is 6.06. The Morgan fingerprint density at radius 3 is 2.52 bits per heavy atom. The van der Waals surface area contributed by atoms with Gasteiger partial charge in [0.15, 0.2) is 0 Å². The van der Waals surface area contributed by atoms with Crippen molar-refractivity contribution in [3.05, 3.63) is 58.4 Å². The molecule has 0 aliphatic carbocycles. The third-order valence-electron chi connectivity index (χ3n) is 5.79. The van der Waals surface area contributed by atoms with Gasteiger partial charge in [-0.05, 0) is 48.7 Å². The van der Waals surface area contributed by atoms with Crippen LogP contribution in [0.3, 0.4) is 0 Å². The van der Waals surface area contributed by atoms with Crippen molar-refractivity contribution in [1.29, 1.82) is 0 Å². The minimum absolute atomic E-state index is 0.00571. The number of piperidine rings is 1. The van der Waals surface area contributed by atoms with Crippen LogP contribution in [-0.4, -0.2) is 53.3 Å². The highest BCUT2D eigenvalue weighted by Gasteiger charge is 2.32. The van der Waals surface area contributed by atoms with E-state index < -0.39 is 0 Å². The number of aromatic nitrogens is 1. The van der Waals surface area contributed by atoms with E-state index in [0.717, 1.165) is 23.4 Å². The lowest BCUT2D eigenvalue weighted by molar-refractivity contribution is -0.137. The molecule has 2 amide bonds. The fourth-order valence-electron chi connectivity index (χ4n) is 4.09. The molecule has 1 aromatic heterocycles. The number of amides is 2. The van der Waals surface area contributed by atoms with E-state index in [9.17, 15) is 9.59 Å². The van der Waals surface area contributed by atoms with Gasteiger partial charge in [0.1, 0.15) is 5.75 Å². The number of ether oxygens (including phenoxy) is 1. The van der Waals surface area contributed by atoms with Gasteiger partial charge in [-0.1, -0.05) is 11.6 Å². The summed E-state index contributed by atoms with van der Waals surface area (Å²) in [7, 11) is 1.60. The molecule has 2 aliphatic heterocycles. The van der Waals surface area contributed by atoms with Gasteiger partial charge >= 0.3 is 0 Å². The van der Waals surface area contributed by atoms with E-state index in [-0.39, 0.29) is 17.7 Å². The van der Waals surface area contributed by atoms with Gasteiger partial charge in [-0.2, -0.15) is 0 Å². The summed E-state index contributed by atoms with van der Waals surface area (Å²) in [6.45, 7) is 2.44. The SMILES string of the molecule is COc1ccc(C(=O)N2CCC(C(=O)N3CCc4ncc(Cl)cc4C3)CC2)cc1. The lowest BCUT2D eigenvalue weighted by Gasteiger charge is -2.36. The molecule has 0 radical (unpaired) electrons. The summed E-state index contributed by atoms with van der Waals surface area (Å²) in [5.74, 6) is 0.868. The van der Waals surface area contributed by atoms with Crippen LogP contribution in [0.2, 0.25) is 5.02 Å². The summed E-state index contributed by atoms with van der Waals surface area (Å²) in [6.07, 6.45) is 3.80. The predicted octanol–water partition coefficient (Wildman–Crippen LogP) is 3.18. The maximum Gasteiger partial charge on any atom is 0.253 e. The fourth-order valence-corrected chi connectivity index (χ4v) is 4.27. The topological polar surface area (TPSA) is 62.7 Å². The molecule has 4 rings (SSSR count). The van der Waals surface area contributed by atoms with E-state index in [4.69, 9.17) is 16.3 Å². The van der Waals surface area contributed by atoms with Crippen LogP contribution in [0.5, 0.6) is 5.75 Å². The lowest BCUT2D eigenvalue weighted by atomic mass is 9.93. The number of carbonyl (C=O) groups is 2. The van der Waals surface area contributed by atoms with E-state index in [1.807, 2.05) is 15.9 Å². The summed E-state index contributed by atoms with van der Waals surface area (Å²) in [4.78, 5) is 33.9. The quantitative estimate of drug-likeness (QED) is 0.775. The molecular weight excluding hydrogens is 390 g/mol.